The molecule has 2 rings (SSSR count). The lowest BCUT2D eigenvalue weighted by atomic mass is 9.92. The molecule has 1 aromatic heterocycles. The number of aromatic nitrogens is 2. The van der Waals surface area contributed by atoms with E-state index in [9.17, 15) is 0 Å². The van der Waals surface area contributed by atoms with Crippen LogP contribution < -0.4 is 0 Å². The average molecular weight is 419 g/mol. The van der Waals surface area contributed by atoms with Crippen molar-refractivity contribution in [3.8, 4) is 11.4 Å². The van der Waals surface area contributed by atoms with E-state index in [0.717, 1.165) is 25.8 Å². The standard InChI is InChI=1S/C15H15Br2ClN2/c1-8-7-9(16)5-6-10(8)14-19-12(15(2,3)4)11(17)13(18)20-14/h5-7H,1-4H3. The first-order chi connectivity index (χ1) is 9.20. The summed E-state index contributed by atoms with van der Waals surface area (Å²) in [6.07, 6.45) is 0. The summed E-state index contributed by atoms with van der Waals surface area (Å²) in [6.45, 7) is 8.36. The second-order valence-electron chi connectivity index (χ2n) is 5.71. The molecule has 1 aromatic carbocycles. The van der Waals surface area contributed by atoms with Gasteiger partial charge in [-0.05, 0) is 46.6 Å². The van der Waals surface area contributed by atoms with Gasteiger partial charge >= 0.3 is 0 Å². The number of rotatable bonds is 1. The smallest absolute Gasteiger partial charge is 0.161 e. The van der Waals surface area contributed by atoms with Crippen molar-refractivity contribution in [1.82, 2.24) is 9.97 Å². The number of aryl methyl sites for hydroxylation is 1. The first-order valence-corrected chi connectivity index (χ1v) is 8.16. The highest BCUT2D eigenvalue weighted by atomic mass is 79.9. The van der Waals surface area contributed by atoms with Gasteiger partial charge in [-0.3, -0.25) is 0 Å². The van der Waals surface area contributed by atoms with Gasteiger partial charge in [-0.2, -0.15) is 0 Å². The summed E-state index contributed by atoms with van der Waals surface area (Å²) in [4.78, 5) is 9.11. The van der Waals surface area contributed by atoms with Gasteiger partial charge in [0.25, 0.3) is 0 Å². The first-order valence-electron chi connectivity index (χ1n) is 6.20. The van der Waals surface area contributed by atoms with E-state index in [2.05, 4.69) is 57.6 Å². The molecule has 0 aliphatic carbocycles. The van der Waals surface area contributed by atoms with E-state index in [-0.39, 0.29) is 5.41 Å². The third kappa shape index (κ3) is 3.23. The Kier molecular flexibility index (Phi) is 4.57. The molecule has 0 bridgehead atoms. The Labute approximate surface area is 141 Å². The molecule has 5 heteroatoms. The van der Waals surface area contributed by atoms with Crippen LogP contribution in [0.5, 0.6) is 0 Å². The Morgan fingerprint density at radius 1 is 1.10 bits per heavy atom. The van der Waals surface area contributed by atoms with Gasteiger partial charge in [0, 0.05) is 15.5 Å². The normalized spacial score (nSPS) is 11.8. The number of hydrogen-bond donors (Lipinski definition) is 0. The predicted molar refractivity (Wildman–Crippen MR) is 91.3 cm³/mol. The monoisotopic (exact) mass is 416 g/mol. The summed E-state index contributed by atoms with van der Waals surface area (Å²) in [7, 11) is 0. The number of nitrogens with zero attached hydrogens (tertiary/aromatic N) is 2. The Balaban J connectivity index is 2.67. The Hall–Kier alpha value is -0.450. The van der Waals surface area contributed by atoms with Gasteiger partial charge in [-0.25, -0.2) is 9.97 Å². The van der Waals surface area contributed by atoms with Crippen LogP contribution in [0.4, 0.5) is 0 Å². The minimum absolute atomic E-state index is 0.108. The highest BCUT2D eigenvalue weighted by Gasteiger charge is 2.23. The third-order valence-corrected chi connectivity index (χ3v) is 4.70. The fourth-order valence-electron chi connectivity index (χ4n) is 1.92. The summed E-state index contributed by atoms with van der Waals surface area (Å²) in [5.74, 6) is 0.660. The van der Waals surface area contributed by atoms with Crippen molar-refractivity contribution in [1.29, 1.82) is 0 Å². The molecule has 0 spiro atoms. The Morgan fingerprint density at radius 2 is 1.75 bits per heavy atom. The minimum atomic E-state index is -0.108. The predicted octanol–water partition coefficient (Wildman–Crippen LogP) is 5.93. The third-order valence-electron chi connectivity index (χ3n) is 2.95. The zero-order valence-corrected chi connectivity index (χ0v) is 15.7. The second-order valence-corrected chi connectivity index (χ2v) is 7.78. The molecule has 0 unspecified atom stereocenters. The molecule has 0 aliphatic heterocycles. The molecule has 20 heavy (non-hydrogen) atoms. The van der Waals surface area contributed by atoms with E-state index in [1.807, 2.05) is 25.1 Å². The topological polar surface area (TPSA) is 25.8 Å². The maximum atomic E-state index is 6.25. The zero-order chi connectivity index (χ0) is 15.1. The van der Waals surface area contributed by atoms with Crippen LogP contribution in [-0.2, 0) is 5.41 Å². The van der Waals surface area contributed by atoms with E-state index in [4.69, 9.17) is 16.6 Å². The van der Waals surface area contributed by atoms with E-state index < -0.39 is 0 Å². The summed E-state index contributed by atoms with van der Waals surface area (Å²) in [5.41, 5.74) is 2.91. The van der Waals surface area contributed by atoms with Crippen LogP contribution in [0.25, 0.3) is 11.4 Å². The summed E-state index contributed by atoms with van der Waals surface area (Å²) >= 11 is 13.2. The lowest BCUT2D eigenvalue weighted by Gasteiger charge is -2.21. The first kappa shape index (κ1) is 15.9. The van der Waals surface area contributed by atoms with Crippen LogP contribution in [0.1, 0.15) is 32.0 Å². The Bertz CT molecular complexity index is 664. The zero-order valence-electron chi connectivity index (χ0n) is 11.8. The molecule has 0 saturated carbocycles. The van der Waals surface area contributed by atoms with Crippen LogP contribution >= 0.6 is 43.5 Å². The Morgan fingerprint density at radius 3 is 2.30 bits per heavy atom. The van der Waals surface area contributed by atoms with Crippen molar-refractivity contribution in [2.75, 3.05) is 0 Å². The molecule has 0 amide bonds. The van der Waals surface area contributed by atoms with Crippen molar-refractivity contribution in [2.45, 2.75) is 33.1 Å². The maximum absolute atomic E-state index is 6.25. The number of benzene rings is 1. The largest absolute Gasteiger partial charge is 0.231 e. The molecule has 2 nitrogen and oxygen atoms in total. The molecule has 0 saturated heterocycles. The molecular weight excluding hydrogens is 403 g/mol. The molecule has 0 radical (unpaired) electrons. The maximum Gasteiger partial charge on any atom is 0.161 e. The van der Waals surface area contributed by atoms with E-state index in [0.29, 0.717) is 11.0 Å². The lowest BCUT2D eigenvalue weighted by molar-refractivity contribution is 0.564. The van der Waals surface area contributed by atoms with Crippen LogP contribution in [-0.4, -0.2) is 9.97 Å². The SMILES string of the molecule is Cc1cc(Br)ccc1-c1nc(Cl)c(Br)c(C(C)(C)C)n1. The second kappa shape index (κ2) is 5.74. The van der Waals surface area contributed by atoms with Crippen LogP contribution in [0.15, 0.2) is 27.1 Å². The average Bonchev–Trinajstić information content (AvgIpc) is 2.31. The molecule has 0 fully saturated rings. The van der Waals surface area contributed by atoms with Gasteiger partial charge in [-0.15, -0.1) is 0 Å². The van der Waals surface area contributed by atoms with Crippen LogP contribution in [0.3, 0.4) is 0 Å². The van der Waals surface area contributed by atoms with Gasteiger partial charge in [0.05, 0.1) is 10.2 Å². The highest BCUT2D eigenvalue weighted by Crippen LogP contribution is 2.35. The van der Waals surface area contributed by atoms with Crippen molar-refractivity contribution >= 4 is 43.5 Å². The molecule has 0 N–H and O–H groups in total. The highest BCUT2D eigenvalue weighted by molar-refractivity contribution is 9.10. The van der Waals surface area contributed by atoms with Gasteiger partial charge < -0.3 is 0 Å². The number of hydrogen-bond acceptors (Lipinski definition) is 2. The molecule has 1 heterocycles. The molecular formula is C15H15Br2ClN2. The molecule has 0 aliphatic rings. The van der Waals surface area contributed by atoms with Crippen LogP contribution in [0.2, 0.25) is 5.15 Å². The molecule has 2 aromatic rings. The quantitative estimate of drug-likeness (QED) is 0.537. The van der Waals surface area contributed by atoms with Crippen LogP contribution in [0, 0.1) is 6.92 Å². The fraction of sp³-hybridized carbons (Fsp3) is 0.333. The minimum Gasteiger partial charge on any atom is -0.231 e. The van der Waals surface area contributed by atoms with E-state index in [1.54, 1.807) is 0 Å². The van der Waals surface area contributed by atoms with E-state index >= 15 is 0 Å². The number of halogens is 3. The van der Waals surface area contributed by atoms with E-state index in [1.165, 1.54) is 0 Å². The van der Waals surface area contributed by atoms with Gasteiger partial charge in [0.15, 0.2) is 5.82 Å². The summed E-state index contributed by atoms with van der Waals surface area (Å²) in [6, 6.07) is 6.04. The van der Waals surface area contributed by atoms with Gasteiger partial charge in [-0.1, -0.05) is 48.3 Å². The van der Waals surface area contributed by atoms with Gasteiger partial charge in [0.2, 0.25) is 0 Å². The van der Waals surface area contributed by atoms with Crippen molar-refractivity contribution in [3.63, 3.8) is 0 Å². The van der Waals surface area contributed by atoms with Crippen molar-refractivity contribution < 1.29 is 0 Å². The summed E-state index contributed by atoms with van der Waals surface area (Å²) in [5, 5.41) is 0.447. The lowest BCUT2D eigenvalue weighted by Crippen LogP contribution is -2.16. The molecule has 0 atom stereocenters. The summed E-state index contributed by atoms with van der Waals surface area (Å²) < 4.78 is 1.81. The molecule has 106 valence electrons. The van der Waals surface area contributed by atoms with Crippen molar-refractivity contribution in [2.24, 2.45) is 0 Å². The fourth-order valence-corrected chi connectivity index (χ4v) is 3.33. The van der Waals surface area contributed by atoms with Crippen molar-refractivity contribution in [3.05, 3.63) is 43.6 Å². The van der Waals surface area contributed by atoms with Gasteiger partial charge in [0.1, 0.15) is 5.15 Å².